The van der Waals surface area contributed by atoms with Gasteiger partial charge < -0.3 is 10.5 Å². The third-order valence-corrected chi connectivity index (χ3v) is 11.2. The molecule has 192 valence electrons. The van der Waals surface area contributed by atoms with Crippen molar-refractivity contribution in [3.8, 4) is 0 Å². The molecule has 0 heterocycles. The molecule has 0 aromatic heterocycles. The van der Waals surface area contributed by atoms with Gasteiger partial charge in [-0.3, -0.25) is 4.79 Å². The average molecular weight is 470 g/mol. The van der Waals surface area contributed by atoms with Crippen molar-refractivity contribution >= 4 is 5.97 Å². The standard InChI is InChI=1S/C31H51NO2/c1-20(2)9-8-10-21(3)23-12-13-24-22-11-14-26-29(4,5)27(34-28(33)19-32)16-18-31(26,7)25(22)15-17-30(23,24)6/h9,21,23-24,26-27H,8,10-19,32H2,1-7H3/t21-,23-,24?,26?,27?,30?,31?/m1/s1. The van der Waals surface area contributed by atoms with Gasteiger partial charge in [-0.1, -0.05) is 57.4 Å². The Morgan fingerprint density at radius 2 is 1.82 bits per heavy atom. The predicted octanol–water partition coefficient (Wildman–Crippen LogP) is 7.60. The van der Waals surface area contributed by atoms with E-state index in [4.69, 9.17) is 10.5 Å². The van der Waals surface area contributed by atoms with Crippen molar-refractivity contribution in [3.63, 3.8) is 0 Å². The van der Waals surface area contributed by atoms with Gasteiger partial charge in [0.1, 0.15) is 6.10 Å². The number of allylic oxidation sites excluding steroid dienone is 4. The lowest BCUT2D eigenvalue weighted by Crippen LogP contribution is -2.54. The molecule has 4 aliphatic rings. The maximum atomic E-state index is 12.0. The summed E-state index contributed by atoms with van der Waals surface area (Å²) in [6, 6.07) is 0. The minimum atomic E-state index is -0.249. The zero-order valence-corrected chi connectivity index (χ0v) is 23.1. The van der Waals surface area contributed by atoms with E-state index in [1.165, 1.54) is 56.9 Å². The van der Waals surface area contributed by atoms with Gasteiger partial charge in [-0.15, -0.1) is 0 Å². The fourth-order valence-electron chi connectivity index (χ4n) is 9.50. The smallest absolute Gasteiger partial charge is 0.319 e. The molecule has 2 N–H and O–H groups in total. The van der Waals surface area contributed by atoms with E-state index in [1.807, 2.05) is 11.1 Å². The number of esters is 1. The maximum absolute atomic E-state index is 12.0. The van der Waals surface area contributed by atoms with Crippen LogP contribution in [0.25, 0.3) is 0 Å². The van der Waals surface area contributed by atoms with Crippen LogP contribution in [0.2, 0.25) is 0 Å². The summed E-state index contributed by atoms with van der Waals surface area (Å²) in [5.41, 5.74) is 11.4. The number of hydrogen-bond donors (Lipinski definition) is 1. The second-order valence-corrected chi connectivity index (χ2v) is 13.6. The van der Waals surface area contributed by atoms with E-state index in [-0.39, 0.29) is 29.4 Å². The number of carbonyl (C=O) groups is 1. The summed E-state index contributed by atoms with van der Waals surface area (Å²) in [4.78, 5) is 12.0. The van der Waals surface area contributed by atoms with Crippen LogP contribution in [-0.2, 0) is 9.53 Å². The van der Waals surface area contributed by atoms with Crippen LogP contribution in [-0.4, -0.2) is 18.6 Å². The molecule has 0 bridgehead atoms. The van der Waals surface area contributed by atoms with E-state index in [9.17, 15) is 4.79 Å². The summed E-state index contributed by atoms with van der Waals surface area (Å²) >= 11 is 0. The molecule has 7 atom stereocenters. The van der Waals surface area contributed by atoms with E-state index in [0.717, 1.165) is 30.6 Å². The van der Waals surface area contributed by atoms with Crippen LogP contribution in [0.1, 0.15) is 113 Å². The van der Waals surface area contributed by atoms with Crippen molar-refractivity contribution in [2.75, 3.05) is 6.54 Å². The number of hydrogen-bond acceptors (Lipinski definition) is 3. The Balaban J connectivity index is 1.56. The topological polar surface area (TPSA) is 52.3 Å². The molecule has 4 aliphatic carbocycles. The van der Waals surface area contributed by atoms with Gasteiger partial charge >= 0.3 is 5.97 Å². The molecule has 34 heavy (non-hydrogen) atoms. The Kier molecular flexibility index (Phi) is 7.19. The fourth-order valence-corrected chi connectivity index (χ4v) is 9.50. The lowest BCUT2D eigenvalue weighted by atomic mass is 9.46. The van der Waals surface area contributed by atoms with Crippen LogP contribution in [0.4, 0.5) is 0 Å². The Bertz CT molecular complexity index is 849. The summed E-state index contributed by atoms with van der Waals surface area (Å²) in [5, 5.41) is 0. The first-order chi connectivity index (χ1) is 15.9. The summed E-state index contributed by atoms with van der Waals surface area (Å²) in [7, 11) is 0. The third kappa shape index (κ3) is 4.22. The molecule has 3 heteroatoms. The Labute approximate surface area is 209 Å². The molecule has 0 saturated heterocycles. The lowest BCUT2D eigenvalue weighted by molar-refractivity contribution is -0.167. The van der Waals surface area contributed by atoms with E-state index < -0.39 is 0 Å². The first-order valence-electron chi connectivity index (χ1n) is 14.2. The van der Waals surface area contributed by atoms with Crippen molar-refractivity contribution in [1.82, 2.24) is 0 Å². The Morgan fingerprint density at radius 1 is 1.09 bits per heavy atom. The second-order valence-electron chi connectivity index (χ2n) is 13.6. The minimum absolute atomic E-state index is 0.00449. The number of carbonyl (C=O) groups excluding carboxylic acids is 1. The maximum Gasteiger partial charge on any atom is 0.319 e. The molecular formula is C31H51NO2. The highest BCUT2D eigenvalue weighted by molar-refractivity contribution is 5.71. The fraction of sp³-hybridized carbons (Fsp3) is 0.839. The third-order valence-electron chi connectivity index (χ3n) is 11.2. The molecular weight excluding hydrogens is 418 g/mol. The van der Waals surface area contributed by atoms with Gasteiger partial charge in [0.15, 0.2) is 0 Å². The quantitative estimate of drug-likeness (QED) is 0.322. The molecule has 5 unspecified atom stereocenters. The van der Waals surface area contributed by atoms with Gasteiger partial charge in [0.05, 0.1) is 6.54 Å². The van der Waals surface area contributed by atoms with Crippen molar-refractivity contribution in [2.45, 2.75) is 119 Å². The largest absolute Gasteiger partial charge is 0.461 e. The SMILES string of the molecule is CC(C)=CCC[C@@H](C)[C@H]1CCC2C3=C(CCC21C)C1(C)CCC(OC(=O)CN)C(C)(C)C1CC3. The summed E-state index contributed by atoms with van der Waals surface area (Å²) in [5.74, 6) is 2.80. The van der Waals surface area contributed by atoms with Crippen LogP contribution >= 0.6 is 0 Å². The normalized spacial score (nSPS) is 39.5. The van der Waals surface area contributed by atoms with Gasteiger partial charge in [-0.25, -0.2) is 0 Å². The molecule has 2 saturated carbocycles. The van der Waals surface area contributed by atoms with E-state index in [0.29, 0.717) is 11.3 Å². The molecule has 0 aromatic carbocycles. The van der Waals surface area contributed by atoms with Gasteiger partial charge in [0.25, 0.3) is 0 Å². The Morgan fingerprint density at radius 3 is 2.50 bits per heavy atom. The van der Waals surface area contributed by atoms with Crippen molar-refractivity contribution in [3.05, 3.63) is 22.8 Å². The molecule has 4 rings (SSSR count). The van der Waals surface area contributed by atoms with E-state index in [1.54, 1.807) is 0 Å². The average Bonchev–Trinajstić information content (AvgIpc) is 3.12. The number of ether oxygens (including phenoxy) is 1. The highest BCUT2D eigenvalue weighted by Gasteiger charge is 2.59. The molecule has 0 spiro atoms. The number of rotatable bonds is 6. The van der Waals surface area contributed by atoms with Crippen LogP contribution in [0, 0.1) is 39.9 Å². The van der Waals surface area contributed by atoms with Crippen molar-refractivity contribution in [1.29, 1.82) is 0 Å². The van der Waals surface area contributed by atoms with Crippen LogP contribution in [0.15, 0.2) is 22.8 Å². The highest BCUT2D eigenvalue weighted by atomic mass is 16.5. The minimum Gasteiger partial charge on any atom is -0.461 e. The zero-order valence-electron chi connectivity index (χ0n) is 23.1. The molecule has 0 radical (unpaired) electrons. The van der Waals surface area contributed by atoms with E-state index in [2.05, 4.69) is 54.5 Å². The summed E-state index contributed by atoms with van der Waals surface area (Å²) < 4.78 is 5.87. The van der Waals surface area contributed by atoms with Gasteiger partial charge in [-0.2, -0.15) is 0 Å². The van der Waals surface area contributed by atoms with Crippen LogP contribution in [0.3, 0.4) is 0 Å². The molecule has 0 amide bonds. The lowest BCUT2D eigenvalue weighted by Gasteiger charge is -2.60. The van der Waals surface area contributed by atoms with Gasteiger partial charge in [0, 0.05) is 5.41 Å². The second kappa shape index (κ2) is 9.41. The Hall–Kier alpha value is -1.09. The monoisotopic (exact) mass is 469 g/mol. The summed E-state index contributed by atoms with van der Waals surface area (Å²) in [6.07, 6.45) is 15.1. The molecule has 2 fully saturated rings. The van der Waals surface area contributed by atoms with Crippen LogP contribution < -0.4 is 5.73 Å². The first-order valence-corrected chi connectivity index (χ1v) is 14.2. The first kappa shape index (κ1) is 26.0. The van der Waals surface area contributed by atoms with Crippen molar-refractivity contribution < 1.29 is 9.53 Å². The van der Waals surface area contributed by atoms with Gasteiger partial charge in [0.2, 0.25) is 0 Å². The highest BCUT2D eigenvalue weighted by Crippen LogP contribution is 2.68. The molecule has 3 nitrogen and oxygen atoms in total. The van der Waals surface area contributed by atoms with Gasteiger partial charge in [-0.05, 0) is 113 Å². The summed E-state index contributed by atoms with van der Waals surface area (Å²) in [6.45, 7) is 16.9. The number of fused-ring (bicyclic) bond motifs is 4. The van der Waals surface area contributed by atoms with E-state index >= 15 is 0 Å². The zero-order chi connectivity index (χ0) is 24.9. The van der Waals surface area contributed by atoms with Crippen LogP contribution in [0.5, 0.6) is 0 Å². The molecule has 0 aliphatic heterocycles. The predicted molar refractivity (Wildman–Crippen MR) is 141 cm³/mol. The molecule has 0 aromatic rings. The number of nitrogens with two attached hydrogens (primary N) is 1. The van der Waals surface area contributed by atoms with Crippen molar-refractivity contribution in [2.24, 2.45) is 45.7 Å².